The molecule has 0 spiro atoms. The third-order valence-corrected chi connectivity index (χ3v) is 3.26. The molecular weight excluding hydrogens is 240 g/mol. The van der Waals surface area contributed by atoms with Crippen molar-refractivity contribution in [3.8, 4) is 0 Å². The lowest BCUT2D eigenvalue weighted by Crippen LogP contribution is -2.43. The van der Waals surface area contributed by atoms with Crippen LogP contribution in [0.5, 0.6) is 0 Å². The zero-order valence-corrected chi connectivity index (χ0v) is 10.6. The zero-order valence-electron chi connectivity index (χ0n) is 9.69. The number of nitrogens with zero attached hydrogens (tertiary/aromatic N) is 1. The van der Waals surface area contributed by atoms with E-state index in [4.69, 9.17) is 5.73 Å². The van der Waals surface area contributed by atoms with Gasteiger partial charge in [-0.25, -0.2) is 12.7 Å². The maximum absolute atomic E-state index is 10.6. The molecule has 0 aliphatic carbocycles. The first-order chi connectivity index (χ1) is 8.00. The fourth-order valence-corrected chi connectivity index (χ4v) is 1.80. The number of benzene rings is 1. The number of hydrogen-bond acceptors (Lipinski definition) is 4. The van der Waals surface area contributed by atoms with Crippen LogP contribution < -0.4 is 5.73 Å². The van der Waals surface area contributed by atoms with Gasteiger partial charge in [-0.05, 0) is 12.0 Å². The second-order valence-corrected chi connectivity index (χ2v) is 5.16. The van der Waals surface area contributed by atoms with Crippen LogP contribution in [0.2, 0.25) is 0 Å². The number of hydrogen-bond donors (Lipinski definition) is 3. The molecule has 0 bridgehead atoms. The number of likely N-dealkylation sites (N-methyl/N-ethyl adjacent to an activating group) is 1. The highest BCUT2D eigenvalue weighted by atomic mass is 32.2. The Labute approximate surface area is 103 Å². The molecule has 17 heavy (non-hydrogen) atoms. The summed E-state index contributed by atoms with van der Waals surface area (Å²) >= 11 is 0. The van der Waals surface area contributed by atoms with E-state index in [0.29, 0.717) is 6.42 Å². The molecule has 0 aliphatic heterocycles. The van der Waals surface area contributed by atoms with Gasteiger partial charge in [0.05, 0.1) is 6.10 Å². The molecule has 5 nitrogen and oxygen atoms in total. The van der Waals surface area contributed by atoms with Crippen molar-refractivity contribution in [1.29, 1.82) is 0 Å². The van der Waals surface area contributed by atoms with Gasteiger partial charge in [0.15, 0.2) is 0 Å². The standard InChI is InChI=1S/C11H18N2O3S/c1-13(17(15)16)8-11(14)10(12)7-9-5-3-2-4-6-9/h2-6,10-11,14,17H,7-8,12H2,1H3/t10-,11+/m0/s1. The van der Waals surface area contributed by atoms with Gasteiger partial charge in [0.25, 0.3) is 0 Å². The summed E-state index contributed by atoms with van der Waals surface area (Å²) in [6, 6.07) is 9.06. The van der Waals surface area contributed by atoms with Crippen LogP contribution >= 0.6 is 0 Å². The molecule has 1 aromatic carbocycles. The first-order valence-corrected chi connectivity index (χ1v) is 6.46. The van der Waals surface area contributed by atoms with E-state index in [1.807, 2.05) is 30.3 Å². The molecule has 0 saturated carbocycles. The van der Waals surface area contributed by atoms with E-state index in [1.54, 1.807) is 0 Å². The van der Waals surface area contributed by atoms with Crippen LogP contribution in [0, 0.1) is 0 Å². The Kier molecular flexibility index (Phi) is 5.57. The van der Waals surface area contributed by atoms with Gasteiger partial charge in [-0.15, -0.1) is 0 Å². The molecule has 0 unspecified atom stereocenters. The molecule has 0 radical (unpaired) electrons. The molecule has 1 rings (SSSR count). The Balaban J connectivity index is 2.50. The predicted octanol–water partition coefficient (Wildman–Crippen LogP) is -0.624. The van der Waals surface area contributed by atoms with Crippen molar-refractivity contribution in [2.45, 2.75) is 18.6 Å². The van der Waals surface area contributed by atoms with Crippen LogP contribution in [0.4, 0.5) is 0 Å². The number of aliphatic hydroxyl groups is 1. The first kappa shape index (κ1) is 14.1. The number of rotatable bonds is 6. The van der Waals surface area contributed by atoms with Crippen LogP contribution in [0.1, 0.15) is 5.56 Å². The third kappa shape index (κ3) is 4.82. The van der Waals surface area contributed by atoms with Crippen molar-refractivity contribution in [2.24, 2.45) is 5.73 Å². The largest absolute Gasteiger partial charge is 0.390 e. The Hall–Kier alpha value is -0.950. The lowest BCUT2D eigenvalue weighted by molar-refractivity contribution is 0.126. The molecule has 0 heterocycles. The van der Waals surface area contributed by atoms with Gasteiger partial charge in [-0.2, -0.15) is 0 Å². The summed E-state index contributed by atoms with van der Waals surface area (Å²) in [5, 5.41) is 9.76. The van der Waals surface area contributed by atoms with Gasteiger partial charge >= 0.3 is 0 Å². The monoisotopic (exact) mass is 258 g/mol. The molecule has 1 aromatic rings. The lowest BCUT2D eigenvalue weighted by atomic mass is 10.0. The number of nitrogens with two attached hydrogens (primary N) is 1. The van der Waals surface area contributed by atoms with Crippen LogP contribution in [-0.2, 0) is 17.3 Å². The topological polar surface area (TPSA) is 83.6 Å². The van der Waals surface area contributed by atoms with Crippen molar-refractivity contribution in [3.63, 3.8) is 0 Å². The first-order valence-electron chi connectivity index (χ1n) is 5.33. The van der Waals surface area contributed by atoms with Gasteiger partial charge in [0.2, 0.25) is 10.9 Å². The van der Waals surface area contributed by atoms with Crippen molar-refractivity contribution in [3.05, 3.63) is 35.9 Å². The van der Waals surface area contributed by atoms with Crippen molar-refractivity contribution in [2.75, 3.05) is 13.6 Å². The van der Waals surface area contributed by atoms with E-state index in [9.17, 15) is 13.5 Å². The second kappa shape index (κ2) is 6.70. The summed E-state index contributed by atoms with van der Waals surface area (Å²) in [7, 11) is -1.25. The van der Waals surface area contributed by atoms with Gasteiger partial charge in [0.1, 0.15) is 0 Å². The fraction of sp³-hybridized carbons (Fsp3) is 0.455. The highest BCUT2D eigenvalue weighted by Crippen LogP contribution is 2.05. The summed E-state index contributed by atoms with van der Waals surface area (Å²) in [4.78, 5) is 0. The van der Waals surface area contributed by atoms with E-state index in [-0.39, 0.29) is 6.54 Å². The molecule has 0 fully saturated rings. The van der Waals surface area contributed by atoms with Gasteiger partial charge in [0, 0.05) is 19.6 Å². The second-order valence-electron chi connectivity index (χ2n) is 4.00. The number of thiol groups is 1. The van der Waals surface area contributed by atoms with Crippen LogP contribution in [0.3, 0.4) is 0 Å². The fourth-order valence-electron chi connectivity index (χ4n) is 1.50. The average Bonchev–Trinajstić information content (AvgIpc) is 2.29. The quantitative estimate of drug-likeness (QED) is 0.594. The molecule has 0 saturated heterocycles. The van der Waals surface area contributed by atoms with Crippen LogP contribution in [-0.4, -0.2) is 43.6 Å². The highest BCUT2D eigenvalue weighted by molar-refractivity contribution is 7.69. The highest BCUT2D eigenvalue weighted by Gasteiger charge is 2.17. The molecular formula is C11H18N2O3S. The van der Waals surface area contributed by atoms with Crippen molar-refractivity contribution < 1.29 is 13.5 Å². The third-order valence-electron chi connectivity index (χ3n) is 2.54. The molecule has 2 atom stereocenters. The number of aliphatic hydroxyl groups excluding tert-OH is 1. The normalized spacial score (nSPS) is 15.1. The smallest absolute Gasteiger partial charge is 0.203 e. The summed E-state index contributed by atoms with van der Waals surface area (Å²) in [5.41, 5.74) is 6.85. The molecule has 6 heteroatoms. The molecule has 0 amide bonds. The Bertz CT molecular complexity index is 400. The van der Waals surface area contributed by atoms with Crippen molar-refractivity contribution >= 4 is 10.9 Å². The van der Waals surface area contributed by atoms with Crippen LogP contribution in [0.25, 0.3) is 0 Å². The Morgan fingerprint density at radius 1 is 1.35 bits per heavy atom. The molecule has 0 aliphatic rings. The Morgan fingerprint density at radius 2 is 1.94 bits per heavy atom. The molecule has 96 valence electrons. The minimum atomic E-state index is -2.66. The minimum Gasteiger partial charge on any atom is -0.390 e. The van der Waals surface area contributed by atoms with E-state index >= 15 is 0 Å². The SMILES string of the molecule is CN(C[C@@H](O)[C@@H](N)Cc1ccccc1)[SH](=O)=O. The summed E-state index contributed by atoms with van der Waals surface area (Å²) < 4.78 is 22.3. The van der Waals surface area contributed by atoms with Gasteiger partial charge in [-0.1, -0.05) is 30.3 Å². The molecule has 3 N–H and O–H groups in total. The van der Waals surface area contributed by atoms with Crippen LogP contribution in [0.15, 0.2) is 30.3 Å². The van der Waals surface area contributed by atoms with Crippen molar-refractivity contribution in [1.82, 2.24) is 4.31 Å². The van der Waals surface area contributed by atoms with E-state index in [1.165, 1.54) is 7.05 Å². The van der Waals surface area contributed by atoms with E-state index < -0.39 is 23.0 Å². The lowest BCUT2D eigenvalue weighted by Gasteiger charge is -2.21. The maximum atomic E-state index is 10.6. The van der Waals surface area contributed by atoms with Gasteiger partial charge in [-0.3, -0.25) is 0 Å². The average molecular weight is 258 g/mol. The van der Waals surface area contributed by atoms with E-state index in [2.05, 4.69) is 0 Å². The predicted molar refractivity (Wildman–Crippen MR) is 67.1 cm³/mol. The Morgan fingerprint density at radius 3 is 2.47 bits per heavy atom. The maximum Gasteiger partial charge on any atom is 0.203 e. The minimum absolute atomic E-state index is 0.0205. The zero-order chi connectivity index (χ0) is 12.8. The summed E-state index contributed by atoms with van der Waals surface area (Å²) in [6.45, 7) is 0.0205. The van der Waals surface area contributed by atoms with Gasteiger partial charge < -0.3 is 10.8 Å². The summed E-state index contributed by atoms with van der Waals surface area (Å²) in [5.74, 6) is 0. The summed E-state index contributed by atoms with van der Waals surface area (Å²) in [6.07, 6.45) is -0.348. The van der Waals surface area contributed by atoms with E-state index in [0.717, 1.165) is 9.87 Å². The molecule has 0 aromatic heterocycles.